The summed E-state index contributed by atoms with van der Waals surface area (Å²) in [5.41, 5.74) is 1.19. The van der Waals surface area contributed by atoms with Gasteiger partial charge in [0.05, 0.1) is 10.4 Å². The number of piperazine rings is 1. The van der Waals surface area contributed by atoms with E-state index < -0.39 is 4.92 Å². The Morgan fingerprint density at radius 2 is 2.05 bits per heavy atom. The van der Waals surface area contributed by atoms with Crippen LogP contribution in [-0.2, 0) is 0 Å². The van der Waals surface area contributed by atoms with Crippen LogP contribution in [-0.4, -0.2) is 53.0 Å². The molecule has 0 unspecified atom stereocenters. The zero-order chi connectivity index (χ0) is 13.4. The molecule has 0 bridgehead atoms. The third-order valence-electron chi connectivity index (χ3n) is 3.48. The van der Waals surface area contributed by atoms with Gasteiger partial charge in [-0.2, -0.15) is 0 Å². The van der Waals surface area contributed by atoms with E-state index >= 15 is 0 Å². The van der Waals surface area contributed by atoms with Crippen LogP contribution in [0.3, 0.4) is 0 Å². The minimum absolute atomic E-state index is 0.0501. The number of nitro groups is 1. The van der Waals surface area contributed by atoms with Crippen molar-refractivity contribution in [2.24, 2.45) is 0 Å². The van der Waals surface area contributed by atoms with Crippen LogP contribution >= 0.6 is 0 Å². The van der Waals surface area contributed by atoms with Crippen molar-refractivity contribution in [2.45, 2.75) is 0 Å². The van der Waals surface area contributed by atoms with E-state index in [0.29, 0.717) is 11.0 Å². The Kier molecular flexibility index (Phi) is 2.83. The van der Waals surface area contributed by atoms with Gasteiger partial charge in [0, 0.05) is 32.2 Å². The first-order valence-corrected chi connectivity index (χ1v) is 6.22. The number of nitro benzene ring substituents is 1. The van der Waals surface area contributed by atoms with Gasteiger partial charge in [-0.25, -0.2) is 4.98 Å². The maximum absolute atomic E-state index is 11.0. The molecule has 1 aliphatic rings. The third kappa shape index (κ3) is 2.12. The second-order valence-corrected chi connectivity index (χ2v) is 4.78. The number of para-hydroxylation sites is 1. The van der Waals surface area contributed by atoms with Gasteiger partial charge < -0.3 is 14.8 Å². The first-order valence-electron chi connectivity index (χ1n) is 6.22. The lowest BCUT2D eigenvalue weighted by molar-refractivity contribution is -0.383. The second-order valence-electron chi connectivity index (χ2n) is 4.78. The molecule has 0 aliphatic carbocycles. The Hall–Kier alpha value is -2.15. The Balaban J connectivity index is 1.98. The van der Waals surface area contributed by atoms with E-state index in [1.807, 2.05) is 6.07 Å². The molecule has 1 saturated heterocycles. The molecule has 1 aromatic heterocycles. The van der Waals surface area contributed by atoms with Crippen LogP contribution in [0.5, 0.6) is 0 Å². The van der Waals surface area contributed by atoms with Crippen LogP contribution in [0.1, 0.15) is 0 Å². The number of hydrogen-bond donors (Lipinski definition) is 1. The highest BCUT2D eigenvalue weighted by molar-refractivity contribution is 5.86. The standard InChI is InChI=1S/C12H15N5O2/c1-15-5-7-16(8-6-15)12-13-9-3-2-4-10(17(18)19)11(9)14-12/h2-4H,5-8H2,1H3,(H,13,14). The molecule has 7 nitrogen and oxygen atoms in total. The highest BCUT2D eigenvalue weighted by Crippen LogP contribution is 2.26. The summed E-state index contributed by atoms with van der Waals surface area (Å²) in [6.45, 7) is 3.70. The molecule has 0 atom stereocenters. The average molecular weight is 261 g/mol. The van der Waals surface area contributed by atoms with Gasteiger partial charge in [0.1, 0.15) is 0 Å². The number of fused-ring (bicyclic) bond motifs is 1. The number of benzene rings is 1. The topological polar surface area (TPSA) is 78.3 Å². The maximum atomic E-state index is 11.0. The fraction of sp³-hybridized carbons (Fsp3) is 0.417. The first-order chi connectivity index (χ1) is 9.15. The van der Waals surface area contributed by atoms with Crippen molar-refractivity contribution in [3.05, 3.63) is 28.3 Å². The van der Waals surface area contributed by atoms with Gasteiger partial charge in [0.15, 0.2) is 5.52 Å². The molecule has 0 amide bonds. The largest absolute Gasteiger partial charge is 0.340 e. The molecule has 0 radical (unpaired) electrons. The molecule has 0 spiro atoms. The third-order valence-corrected chi connectivity index (χ3v) is 3.48. The summed E-state index contributed by atoms with van der Waals surface area (Å²) in [5, 5.41) is 11.0. The lowest BCUT2D eigenvalue weighted by Crippen LogP contribution is -2.44. The molecule has 7 heteroatoms. The quantitative estimate of drug-likeness (QED) is 0.649. The van der Waals surface area contributed by atoms with Crippen LogP contribution in [0, 0.1) is 10.1 Å². The van der Waals surface area contributed by atoms with Crippen LogP contribution in [0.15, 0.2) is 18.2 Å². The van der Waals surface area contributed by atoms with Crippen molar-refractivity contribution >= 4 is 22.7 Å². The number of aromatic amines is 1. The molecule has 1 aromatic carbocycles. The van der Waals surface area contributed by atoms with Gasteiger partial charge in [0.25, 0.3) is 5.69 Å². The monoisotopic (exact) mass is 261 g/mol. The number of imidazole rings is 1. The zero-order valence-electron chi connectivity index (χ0n) is 10.7. The summed E-state index contributed by atoms with van der Waals surface area (Å²) in [4.78, 5) is 22.5. The highest BCUT2D eigenvalue weighted by atomic mass is 16.6. The molecule has 1 aliphatic heterocycles. The SMILES string of the molecule is CN1CCN(c2nc3c([N+](=O)[O-])cccc3[nH]2)CC1. The highest BCUT2D eigenvalue weighted by Gasteiger charge is 2.20. The number of rotatable bonds is 2. The van der Waals surface area contributed by atoms with Crippen molar-refractivity contribution in [2.75, 3.05) is 38.1 Å². The Morgan fingerprint density at radius 1 is 1.32 bits per heavy atom. The number of hydrogen-bond acceptors (Lipinski definition) is 5. The minimum Gasteiger partial charge on any atom is -0.340 e. The summed E-state index contributed by atoms with van der Waals surface area (Å²) in [7, 11) is 2.08. The molecule has 1 N–H and O–H groups in total. The minimum atomic E-state index is -0.392. The van der Waals surface area contributed by atoms with E-state index in [1.54, 1.807) is 6.07 Å². The summed E-state index contributed by atoms with van der Waals surface area (Å²) < 4.78 is 0. The Morgan fingerprint density at radius 3 is 2.74 bits per heavy atom. The summed E-state index contributed by atoms with van der Waals surface area (Å²) >= 11 is 0. The molecular formula is C12H15N5O2. The van der Waals surface area contributed by atoms with E-state index in [2.05, 4.69) is 26.8 Å². The number of likely N-dealkylation sites (N-methyl/N-ethyl adjacent to an activating group) is 1. The van der Waals surface area contributed by atoms with Gasteiger partial charge in [-0.3, -0.25) is 10.1 Å². The van der Waals surface area contributed by atoms with E-state index in [0.717, 1.165) is 32.1 Å². The van der Waals surface area contributed by atoms with Crippen molar-refractivity contribution < 1.29 is 4.92 Å². The first kappa shape index (κ1) is 11.9. The molecule has 19 heavy (non-hydrogen) atoms. The number of non-ortho nitro benzene ring substituents is 1. The van der Waals surface area contributed by atoms with Crippen molar-refractivity contribution in [1.82, 2.24) is 14.9 Å². The van der Waals surface area contributed by atoms with Gasteiger partial charge in [-0.1, -0.05) is 6.07 Å². The average Bonchev–Trinajstić information content (AvgIpc) is 2.82. The summed E-state index contributed by atoms with van der Waals surface area (Å²) in [6.07, 6.45) is 0. The molecule has 100 valence electrons. The van der Waals surface area contributed by atoms with Crippen LogP contribution in [0.2, 0.25) is 0 Å². The number of nitrogens with one attached hydrogen (secondary N) is 1. The molecular weight excluding hydrogens is 246 g/mol. The van der Waals surface area contributed by atoms with Crippen LogP contribution < -0.4 is 4.90 Å². The molecule has 2 aromatic rings. The summed E-state index contributed by atoms with van der Waals surface area (Å²) in [6, 6.07) is 4.97. The van der Waals surface area contributed by atoms with E-state index in [4.69, 9.17) is 0 Å². The number of nitrogens with zero attached hydrogens (tertiary/aromatic N) is 4. The zero-order valence-corrected chi connectivity index (χ0v) is 10.7. The Bertz CT molecular complexity index is 616. The molecule has 1 fully saturated rings. The number of anilines is 1. The second kappa shape index (κ2) is 4.51. The van der Waals surface area contributed by atoms with Crippen LogP contribution in [0.4, 0.5) is 11.6 Å². The van der Waals surface area contributed by atoms with Gasteiger partial charge in [0.2, 0.25) is 5.95 Å². The normalized spacial score (nSPS) is 17.0. The van der Waals surface area contributed by atoms with Gasteiger partial charge in [-0.05, 0) is 13.1 Å². The lowest BCUT2D eigenvalue weighted by atomic mass is 10.3. The fourth-order valence-corrected chi connectivity index (χ4v) is 2.32. The molecule has 2 heterocycles. The Labute approximate surface area is 110 Å². The number of aromatic nitrogens is 2. The maximum Gasteiger partial charge on any atom is 0.297 e. The van der Waals surface area contributed by atoms with E-state index in [-0.39, 0.29) is 5.69 Å². The van der Waals surface area contributed by atoms with Crippen molar-refractivity contribution in [3.8, 4) is 0 Å². The fourth-order valence-electron chi connectivity index (χ4n) is 2.32. The van der Waals surface area contributed by atoms with Gasteiger partial charge in [-0.15, -0.1) is 0 Å². The van der Waals surface area contributed by atoms with Crippen molar-refractivity contribution in [1.29, 1.82) is 0 Å². The predicted octanol–water partition coefficient (Wildman–Crippen LogP) is 1.22. The number of H-pyrrole nitrogens is 1. The molecule has 0 saturated carbocycles. The smallest absolute Gasteiger partial charge is 0.297 e. The predicted molar refractivity (Wildman–Crippen MR) is 72.5 cm³/mol. The van der Waals surface area contributed by atoms with E-state index in [9.17, 15) is 10.1 Å². The molecule has 3 rings (SSSR count). The summed E-state index contributed by atoms with van der Waals surface area (Å²) in [5.74, 6) is 0.720. The van der Waals surface area contributed by atoms with Gasteiger partial charge >= 0.3 is 0 Å². The lowest BCUT2D eigenvalue weighted by Gasteiger charge is -2.32. The van der Waals surface area contributed by atoms with E-state index in [1.165, 1.54) is 6.07 Å². The van der Waals surface area contributed by atoms with Crippen LogP contribution in [0.25, 0.3) is 11.0 Å². The van der Waals surface area contributed by atoms with Crippen molar-refractivity contribution in [3.63, 3.8) is 0 Å².